The zero-order chi connectivity index (χ0) is 32.9. The van der Waals surface area contributed by atoms with Gasteiger partial charge in [0.1, 0.15) is 11.5 Å². The number of hydrogen-bond donors (Lipinski definition) is 0. The molecule has 5 heteroatoms. The summed E-state index contributed by atoms with van der Waals surface area (Å²) >= 11 is 0. The Morgan fingerprint density at radius 3 is 0.837 bits per heavy atom. The van der Waals surface area contributed by atoms with Crippen LogP contribution in [0.2, 0.25) is 0 Å². The van der Waals surface area contributed by atoms with Gasteiger partial charge in [0, 0.05) is 43.3 Å². The maximum atomic E-state index is 7.00. The molecule has 0 heterocycles. The summed E-state index contributed by atoms with van der Waals surface area (Å²) in [6.07, 6.45) is 0. The molecule has 0 bridgehead atoms. The van der Waals surface area contributed by atoms with Crippen LogP contribution in [0.4, 0.5) is 0 Å². The molecule has 0 aliphatic heterocycles. The molecule has 0 aliphatic carbocycles. The van der Waals surface area contributed by atoms with Crippen molar-refractivity contribution < 1.29 is 34.6 Å². The van der Waals surface area contributed by atoms with Gasteiger partial charge in [0.15, 0.2) is 0 Å². The molecule has 0 saturated carbocycles. The standard InChI is InChI=1S/C38H63O3P.Pt/c1-20-39-42(40-31-27(35(8,9)10)21-25(33(2,3)4)22-28(31)36(11,12)13)41-32-29(37(14,15)16)23-26(34(5,6)7)24-30(32)38(17,18)19;/h21-24H,20H2,1-19H3;. The normalized spacial score (nSPS) is 13.7. The summed E-state index contributed by atoms with van der Waals surface area (Å²) in [7, 11) is -1.74. The van der Waals surface area contributed by atoms with E-state index >= 15 is 0 Å². The first-order chi connectivity index (χ1) is 18.6. The van der Waals surface area contributed by atoms with Crippen molar-refractivity contribution in [1.82, 2.24) is 0 Å². The smallest absolute Gasteiger partial charge is 0.417 e. The fraction of sp³-hybridized carbons (Fsp3) is 0.684. The summed E-state index contributed by atoms with van der Waals surface area (Å²) in [6.45, 7) is 43.3. The second kappa shape index (κ2) is 13.5. The van der Waals surface area contributed by atoms with Crippen LogP contribution in [0.1, 0.15) is 165 Å². The summed E-state index contributed by atoms with van der Waals surface area (Å²) < 4.78 is 20.3. The summed E-state index contributed by atoms with van der Waals surface area (Å²) in [6, 6.07) is 9.35. The molecule has 0 radical (unpaired) electrons. The number of hydrogen-bond acceptors (Lipinski definition) is 3. The molecule has 0 N–H and O–H groups in total. The van der Waals surface area contributed by atoms with Crippen molar-refractivity contribution >= 4 is 8.60 Å². The molecule has 2 aromatic rings. The third-order valence-corrected chi connectivity index (χ3v) is 8.84. The van der Waals surface area contributed by atoms with Crippen LogP contribution in [0.15, 0.2) is 24.3 Å². The van der Waals surface area contributed by atoms with E-state index in [1.165, 1.54) is 33.4 Å². The van der Waals surface area contributed by atoms with E-state index in [2.05, 4.69) is 149 Å². The molecule has 3 nitrogen and oxygen atoms in total. The molecule has 0 spiro atoms. The quantitative estimate of drug-likeness (QED) is 0.273. The van der Waals surface area contributed by atoms with Gasteiger partial charge in [-0.15, -0.1) is 0 Å². The third-order valence-electron chi connectivity index (χ3n) is 7.71. The first-order valence-corrected chi connectivity index (χ1v) is 16.9. The monoisotopic (exact) mass is 793 g/mol. The second-order valence-electron chi connectivity index (χ2n) is 18.1. The van der Waals surface area contributed by atoms with Crippen LogP contribution >= 0.6 is 8.60 Å². The molecule has 0 atom stereocenters. The molecule has 0 aliphatic rings. The van der Waals surface area contributed by atoms with Gasteiger partial charge in [-0.2, -0.15) is 0 Å². The van der Waals surface area contributed by atoms with Crippen LogP contribution in [-0.2, 0) is 58.1 Å². The molecule has 0 unspecified atom stereocenters. The summed E-state index contributed by atoms with van der Waals surface area (Å²) in [5.74, 6) is 1.78. The molecule has 0 fully saturated rings. The molecule has 0 saturated heterocycles. The molecular weight excluding hydrogens is 730 g/mol. The average Bonchev–Trinajstić information content (AvgIpc) is 2.74. The minimum atomic E-state index is -1.74. The van der Waals surface area contributed by atoms with Gasteiger partial charge in [0.05, 0.1) is 6.61 Å². The average molecular weight is 794 g/mol. The predicted molar refractivity (Wildman–Crippen MR) is 185 cm³/mol. The van der Waals surface area contributed by atoms with Gasteiger partial charge in [0.25, 0.3) is 0 Å². The Hall–Kier alpha value is -0.882. The number of rotatable bonds is 6. The van der Waals surface area contributed by atoms with E-state index in [0.717, 1.165) is 11.5 Å². The van der Waals surface area contributed by atoms with Gasteiger partial charge in [0.2, 0.25) is 0 Å². The van der Waals surface area contributed by atoms with Crippen LogP contribution in [-0.4, -0.2) is 6.61 Å². The van der Waals surface area contributed by atoms with Crippen molar-refractivity contribution in [3.05, 3.63) is 57.6 Å². The van der Waals surface area contributed by atoms with Gasteiger partial charge in [-0.1, -0.05) is 149 Å². The first kappa shape index (κ1) is 40.1. The van der Waals surface area contributed by atoms with Crippen molar-refractivity contribution in [2.24, 2.45) is 0 Å². The van der Waals surface area contributed by atoms with E-state index in [1.54, 1.807) is 0 Å². The Morgan fingerprint density at radius 1 is 0.442 bits per heavy atom. The summed E-state index contributed by atoms with van der Waals surface area (Å²) in [5.41, 5.74) is 6.86. The van der Waals surface area contributed by atoms with Gasteiger partial charge in [-0.05, 0) is 50.5 Å². The second-order valence-corrected chi connectivity index (χ2v) is 19.2. The van der Waals surface area contributed by atoms with E-state index in [-0.39, 0.29) is 53.6 Å². The fourth-order valence-electron chi connectivity index (χ4n) is 4.87. The van der Waals surface area contributed by atoms with Crippen molar-refractivity contribution in [3.8, 4) is 11.5 Å². The molecular formula is C38H63O3PPt. The van der Waals surface area contributed by atoms with Gasteiger partial charge in [-0.25, -0.2) is 0 Å². The van der Waals surface area contributed by atoms with E-state index in [1.807, 2.05) is 6.92 Å². The van der Waals surface area contributed by atoms with Crippen molar-refractivity contribution in [1.29, 1.82) is 0 Å². The molecule has 43 heavy (non-hydrogen) atoms. The minimum Gasteiger partial charge on any atom is -0.417 e. The maximum Gasteiger partial charge on any atom is 0.463 e. The molecule has 0 amide bonds. The SMILES string of the molecule is CCOP(Oc1c(C(C)(C)C)cc(C(C)(C)C)cc1C(C)(C)C)Oc1c(C(C)(C)C)cc(C(C)(C)C)cc1C(C)(C)C.[Pt]. The third kappa shape index (κ3) is 10.3. The zero-order valence-corrected chi connectivity index (χ0v) is 34.2. The van der Waals surface area contributed by atoms with E-state index in [9.17, 15) is 0 Å². The Morgan fingerprint density at radius 2 is 0.674 bits per heavy atom. The summed E-state index contributed by atoms with van der Waals surface area (Å²) in [4.78, 5) is 0. The van der Waals surface area contributed by atoms with Crippen LogP contribution in [0.25, 0.3) is 0 Å². The summed E-state index contributed by atoms with van der Waals surface area (Å²) in [5, 5.41) is 0. The first-order valence-electron chi connectivity index (χ1n) is 15.8. The van der Waals surface area contributed by atoms with E-state index in [4.69, 9.17) is 13.6 Å². The van der Waals surface area contributed by atoms with Gasteiger partial charge in [-0.3, -0.25) is 4.52 Å². The Kier molecular flexibility index (Phi) is 12.6. The molecule has 2 aromatic carbocycles. The van der Waals surface area contributed by atoms with Crippen LogP contribution in [0.5, 0.6) is 11.5 Å². The Labute approximate surface area is 281 Å². The van der Waals surface area contributed by atoms with Gasteiger partial charge >= 0.3 is 8.60 Å². The maximum absolute atomic E-state index is 7.00. The topological polar surface area (TPSA) is 27.7 Å². The van der Waals surface area contributed by atoms with Crippen molar-refractivity contribution in [3.63, 3.8) is 0 Å². The number of benzene rings is 2. The van der Waals surface area contributed by atoms with E-state index in [0.29, 0.717) is 6.61 Å². The molecule has 0 aromatic heterocycles. The predicted octanol–water partition coefficient (Wildman–Crippen LogP) is 12.2. The van der Waals surface area contributed by atoms with Crippen molar-refractivity contribution in [2.75, 3.05) is 6.61 Å². The largest absolute Gasteiger partial charge is 0.463 e. The Balaban J connectivity index is 0.00000924. The van der Waals surface area contributed by atoms with E-state index < -0.39 is 8.60 Å². The minimum absolute atomic E-state index is 0. The van der Waals surface area contributed by atoms with Crippen LogP contribution in [0, 0.1) is 0 Å². The van der Waals surface area contributed by atoms with Crippen LogP contribution in [0.3, 0.4) is 0 Å². The Bertz CT molecular complexity index is 1070. The molecule has 248 valence electrons. The zero-order valence-electron chi connectivity index (χ0n) is 31.0. The fourth-order valence-corrected chi connectivity index (χ4v) is 5.92. The molecule has 2 rings (SSSR count). The van der Waals surface area contributed by atoms with Gasteiger partial charge < -0.3 is 9.05 Å². The van der Waals surface area contributed by atoms with Crippen molar-refractivity contribution in [2.45, 2.75) is 164 Å². The van der Waals surface area contributed by atoms with Crippen LogP contribution < -0.4 is 9.05 Å².